The number of nitrogens with one attached hydrogen (secondary N) is 1. The zero-order valence-corrected chi connectivity index (χ0v) is 11.3. The molecule has 1 atom stereocenters. The van der Waals surface area contributed by atoms with Crippen LogP contribution in [0.2, 0.25) is 0 Å². The van der Waals surface area contributed by atoms with Gasteiger partial charge in [-0.05, 0) is 18.6 Å². The van der Waals surface area contributed by atoms with E-state index < -0.39 is 51.7 Å². The second-order valence-corrected chi connectivity index (χ2v) is 5.70. The van der Waals surface area contributed by atoms with E-state index in [1.54, 1.807) is 4.72 Å². The Labute approximate surface area is 118 Å². The van der Waals surface area contributed by atoms with Crippen LogP contribution in [0, 0.1) is 0 Å². The summed E-state index contributed by atoms with van der Waals surface area (Å²) < 4.78 is 63.8. The zero-order valence-electron chi connectivity index (χ0n) is 10.5. The number of aliphatic hydroxyl groups is 1. The standard InChI is InChI=1S/C11H12F3NO5S/c12-11(13,14)7-3-1-2-4-9(7)21(19,20)15-8(5-6-16)10(17)18/h1-4,8,15-16H,5-6H2,(H,17,18). The number of aliphatic carboxylic acids is 1. The fourth-order valence-corrected chi connectivity index (χ4v) is 3.00. The van der Waals surface area contributed by atoms with Gasteiger partial charge in [0.1, 0.15) is 6.04 Å². The molecule has 3 N–H and O–H groups in total. The average Bonchev–Trinajstić information content (AvgIpc) is 2.37. The van der Waals surface area contributed by atoms with E-state index in [4.69, 9.17) is 10.2 Å². The number of sulfonamides is 1. The van der Waals surface area contributed by atoms with Crippen molar-refractivity contribution in [2.45, 2.75) is 23.5 Å². The van der Waals surface area contributed by atoms with Crippen LogP contribution < -0.4 is 4.72 Å². The number of alkyl halides is 3. The van der Waals surface area contributed by atoms with Crippen LogP contribution in [0.1, 0.15) is 12.0 Å². The van der Waals surface area contributed by atoms with E-state index >= 15 is 0 Å². The molecule has 6 nitrogen and oxygen atoms in total. The molecule has 0 aromatic heterocycles. The van der Waals surface area contributed by atoms with Crippen molar-refractivity contribution in [3.63, 3.8) is 0 Å². The van der Waals surface area contributed by atoms with Crippen LogP contribution in [0.5, 0.6) is 0 Å². The molecule has 1 rings (SSSR count). The van der Waals surface area contributed by atoms with Crippen molar-refractivity contribution >= 4 is 16.0 Å². The van der Waals surface area contributed by atoms with Crippen LogP contribution in [0.3, 0.4) is 0 Å². The summed E-state index contributed by atoms with van der Waals surface area (Å²) in [4.78, 5) is 9.75. The maximum atomic E-state index is 12.8. The van der Waals surface area contributed by atoms with Crippen LogP contribution in [-0.4, -0.2) is 37.2 Å². The van der Waals surface area contributed by atoms with E-state index in [0.717, 1.165) is 18.2 Å². The smallest absolute Gasteiger partial charge is 0.417 e. The van der Waals surface area contributed by atoms with E-state index in [1.807, 2.05) is 0 Å². The van der Waals surface area contributed by atoms with E-state index in [2.05, 4.69) is 0 Å². The van der Waals surface area contributed by atoms with Gasteiger partial charge in [0, 0.05) is 6.61 Å². The predicted molar refractivity (Wildman–Crippen MR) is 64.9 cm³/mol. The summed E-state index contributed by atoms with van der Waals surface area (Å²) in [7, 11) is -4.70. The SMILES string of the molecule is O=C(O)C(CCO)NS(=O)(=O)c1ccccc1C(F)(F)F. The van der Waals surface area contributed by atoms with Crippen LogP contribution in [0.4, 0.5) is 13.2 Å². The molecule has 1 unspecified atom stereocenters. The highest BCUT2D eigenvalue weighted by molar-refractivity contribution is 7.89. The maximum Gasteiger partial charge on any atom is 0.417 e. The first-order chi connectivity index (χ1) is 9.59. The highest BCUT2D eigenvalue weighted by Crippen LogP contribution is 2.33. The van der Waals surface area contributed by atoms with Gasteiger partial charge in [0.15, 0.2) is 0 Å². The van der Waals surface area contributed by atoms with Gasteiger partial charge in [-0.25, -0.2) is 8.42 Å². The predicted octanol–water partition coefficient (Wildman–Crippen LogP) is 0.819. The molecule has 0 aliphatic carbocycles. The molecule has 21 heavy (non-hydrogen) atoms. The molecular weight excluding hydrogens is 315 g/mol. The Morgan fingerprint density at radius 3 is 2.33 bits per heavy atom. The van der Waals surface area contributed by atoms with Crippen molar-refractivity contribution in [1.29, 1.82) is 0 Å². The molecule has 0 fully saturated rings. The van der Waals surface area contributed by atoms with Crippen LogP contribution >= 0.6 is 0 Å². The highest BCUT2D eigenvalue weighted by Gasteiger charge is 2.37. The zero-order chi connectivity index (χ0) is 16.3. The van der Waals surface area contributed by atoms with Gasteiger partial charge < -0.3 is 10.2 Å². The third-order valence-electron chi connectivity index (χ3n) is 2.50. The lowest BCUT2D eigenvalue weighted by Gasteiger charge is -2.17. The molecule has 0 aliphatic rings. The number of hydrogen-bond acceptors (Lipinski definition) is 4. The molecule has 0 saturated heterocycles. The Morgan fingerprint density at radius 1 is 1.29 bits per heavy atom. The van der Waals surface area contributed by atoms with Gasteiger partial charge in [-0.3, -0.25) is 4.79 Å². The van der Waals surface area contributed by atoms with Crippen LogP contribution in [0.15, 0.2) is 29.2 Å². The van der Waals surface area contributed by atoms with Gasteiger partial charge >= 0.3 is 12.1 Å². The minimum absolute atomic E-state index is 0.469. The van der Waals surface area contributed by atoms with E-state index in [-0.39, 0.29) is 0 Å². The number of carboxylic acids is 1. The molecule has 10 heteroatoms. The minimum Gasteiger partial charge on any atom is -0.480 e. The number of carbonyl (C=O) groups is 1. The Morgan fingerprint density at radius 2 is 1.86 bits per heavy atom. The number of rotatable bonds is 6. The average molecular weight is 327 g/mol. The lowest BCUT2D eigenvalue weighted by molar-refractivity contribution is -0.140. The summed E-state index contributed by atoms with van der Waals surface area (Å²) in [5, 5.41) is 17.4. The third-order valence-corrected chi connectivity index (χ3v) is 4.03. The molecule has 0 amide bonds. The summed E-state index contributed by atoms with van der Waals surface area (Å²) in [5.41, 5.74) is -1.40. The summed E-state index contributed by atoms with van der Waals surface area (Å²) in [6, 6.07) is 1.69. The van der Waals surface area contributed by atoms with Gasteiger partial charge in [0.2, 0.25) is 10.0 Å². The van der Waals surface area contributed by atoms with Crippen molar-refractivity contribution in [2.75, 3.05) is 6.61 Å². The first kappa shape index (κ1) is 17.4. The van der Waals surface area contributed by atoms with Crippen molar-refractivity contribution in [3.8, 4) is 0 Å². The quantitative estimate of drug-likeness (QED) is 0.718. The fourth-order valence-electron chi connectivity index (χ4n) is 1.55. The van der Waals surface area contributed by atoms with E-state index in [1.165, 1.54) is 0 Å². The second-order valence-electron chi connectivity index (χ2n) is 4.02. The molecule has 0 heterocycles. The summed E-state index contributed by atoms with van der Waals surface area (Å²) in [5.74, 6) is -1.60. The lowest BCUT2D eigenvalue weighted by Crippen LogP contribution is -2.41. The minimum atomic E-state index is -4.90. The Balaban J connectivity index is 3.23. The van der Waals surface area contributed by atoms with Gasteiger partial charge in [-0.2, -0.15) is 17.9 Å². The molecule has 1 aromatic carbocycles. The Kier molecular flexibility index (Phi) is 5.31. The third kappa shape index (κ3) is 4.41. The molecule has 118 valence electrons. The molecule has 0 saturated carbocycles. The topological polar surface area (TPSA) is 104 Å². The number of carboxylic acid groups (broad SMARTS) is 1. The summed E-state index contributed by atoms with van der Waals surface area (Å²) in [6.45, 7) is -0.638. The Hall–Kier alpha value is -1.65. The van der Waals surface area contributed by atoms with E-state index in [9.17, 15) is 26.4 Å². The normalized spacial score (nSPS) is 13.9. The van der Waals surface area contributed by atoms with E-state index in [0.29, 0.717) is 6.07 Å². The van der Waals surface area contributed by atoms with Crippen LogP contribution in [0.25, 0.3) is 0 Å². The molecule has 0 aliphatic heterocycles. The Bertz CT molecular complexity index is 615. The monoisotopic (exact) mass is 327 g/mol. The number of benzene rings is 1. The van der Waals surface area contributed by atoms with Gasteiger partial charge in [-0.1, -0.05) is 12.1 Å². The second kappa shape index (κ2) is 6.41. The molecule has 0 bridgehead atoms. The van der Waals surface area contributed by atoms with Crippen molar-refractivity contribution in [1.82, 2.24) is 4.72 Å². The molecule has 0 spiro atoms. The lowest BCUT2D eigenvalue weighted by atomic mass is 10.2. The molecular formula is C11H12F3NO5S. The first-order valence-electron chi connectivity index (χ1n) is 5.62. The van der Waals surface area contributed by atoms with Crippen molar-refractivity contribution in [2.24, 2.45) is 0 Å². The molecule has 1 aromatic rings. The highest BCUT2D eigenvalue weighted by atomic mass is 32.2. The van der Waals surface area contributed by atoms with Crippen molar-refractivity contribution < 1.29 is 36.6 Å². The molecule has 0 radical (unpaired) electrons. The van der Waals surface area contributed by atoms with Crippen LogP contribution in [-0.2, 0) is 21.0 Å². The van der Waals surface area contributed by atoms with Gasteiger partial charge in [0.25, 0.3) is 0 Å². The summed E-state index contributed by atoms with van der Waals surface area (Å²) in [6.07, 6.45) is -5.37. The van der Waals surface area contributed by atoms with Crippen molar-refractivity contribution in [3.05, 3.63) is 29.8 Å². The fraction of sp³-hybridized carbons (Fsp3) is 0.364. The maximum absolute atomic E-state index is 12.8. The first-order valence-corrected chi connectivity index (χ1v) is 7.10. The van der Waals surface area contributed by atoms with Gasteiger partial charge in [0.05, 0.1) is 10.5 Å². The number of halogens is 3. The number of hydrogen-bond donors (Lipinski definition) is 3. The summed E-state index contributed by atoms with van der Waals surface area (Å²) >= 11 is 0. The number of aliphatic hydroxyl groups excluding tert-OH is 1. The van der Waals surface area contributed by atoms with Gasteiger partial charge in [-0.15, -0.1) is 0 Å². The largest absolute Gasteiger partial charge is 0.480 e.